The van der Waals surface area contributed by atoms with E-state index in [2.05, 4.69) is 29.0 Å². The van der Waals surface area contributed by atoms with Crippen molar-refractivity contribution in [3.8, 4) is 22.5 Å². The number of hydrogen-bond donors (Lipinski definition) is 1. The van der Waals surface area contributed by atoms with Crippen LogP contribution < -0.4 is 0 Å². The quantitative estimate of drug-likeness (QED) is 0.393. The first-order valence-corrected chi connectivity index (χ1v) is 10.6. The molecule has 0 radical (unpaired) electrons. The summed E-state index contributed by atoms with van der Waals surface area (Å²) < 4.78 is 37.1. The second-order valence-corrected chi connectivity index (χ2v) is 7.69. The Bertz CT molecular complexity index is 1160. The largest absolute Gasteiger partial charge is 0.378 e. The molecule has 4 aromatic rings. The third-order valence-corrected chi connectivity index (χ3v) is 5.44. The molecule has 1 unspecified atom stereocenters. The van der Waals surface area contributed by atoms with Crippen LogP contribution in [0.2, 0.25) is 0 Å². The fraction of sp³-hybridized carbons (Fsp3) is 0.333. The van der Waals surface area contributed by atoms with Crippen LogP contribution in [0, 0.1) is 18.6 Å². The zero-order valence-corrected chi connectivity index (χ0v) is 18.0. The lowest BCUT2D eigenvalue weighted by molar-refractivity contribution is 0.0508. The van der Waals surface area contributed by atoms with Gasteiger partial charge in [0.2, 0.25) is 0 Å². The Hall–Kier alpha value is -3.06. The number of aromatic amines is 1. The van der Waals surface area contributed by atoms with Crippen LogP contribution in [0.25, 0.3) is 28.2 Å². The monoisotopic (exact) mass is 424 g/mol. The van der Waals surface area contributed by atoms with Gasteiger partial charge in [-0.2, -0.15) is 5.10 Å². The number of H-pyrrole nitrogens is 1. The standard InChI is InChI=1S/C24H26F2N4O/c1-4-10-31-18(5-2)14-21-24(28-22-13-17(25)7-9-30(21)22)23-15(3)11-16(12-19(23)26)20-6-8-27-29-20/h6-9,11-13,18H,4-5,10,14H2,1-3H3,(H,27,29). The fourth-order valence-electron chi connectivity index (χ4n) is 3.90. The molecule has 1 N–H and O–H groups in total. The Labute approximate surface area is 180 Å². The van der Waals surface area contributed by atoms with E-state index in [1.807, 2.05) is 17.4 Å². The number of hydrogen-bond acceptors (Lipinski definition) is 3. The van der Waals surface area contributed by atoms with Gasteiger partial charge in [0.05, 0.1) is 23.2 Å². The van der Waals surface area contributed by atoms with Crippen molar-refractivity contribution in [1.29, 1.82) is 0 Å². The molecule has 0 amide bonds. The number of pyridine rings is 1. The summed E-state index contributed by atoms with van der Waals surface area (Å²) >= 11 is 0. The molecular weight excluding hydrogens is 398 g/mol. The smallest absolute Gasteiger partial charge is 0.140 e. The predicted molar refractivity (Wildman–Crippen MR) is 117 cm³/mol. The second-order valence-electron chi connectivity index (χ2n) is 7.69. The maximum atomic E-state index is 15.4. The summed E-state index contributed by atoms with van der Waals surface area (Å²) in [5, 5.41) is 6.90. The van der Waals surface area contributed by atoms with Gasteiger partial charge >= 0.3 is 0 Å². The van der Waals surface area contributed by atoms with Gasteiger partial charge in [0.15, 0.2) is 0 Å². The maximum Gasteiger partial charge on any atom is 0.140 e. The highest BCUT2D eigenvalue weighted by Crippen LogP contribution is 2.34. The number of halogens is 2. The molecule has 31 heavy (non-hydrogen) atoms. The van der Waals surface area contributed by atoms with E-state index < -0.39 is 0 Å². The molecule has 0 fully saturated rings. The van der Waals surface area contributed by atoms with Crippen molar-refractivity contribution in [3.63, 3.8) is 0 Å². The number of nitrogens with zero attached hydrogens (tertiary/aromatic N) is 3. The minimum atomic E-state index is -0.384. The van der Waals surface area contributed by atoms with Crippen molar-refractivity contribution in [2.45, 2.75) is 46.1 Å². The molecule has 162 valence electrons. The first-order valence-electron chi connectivity index (χ1n) is 10.6. The fourth-order valence-corrected chi connectivity index (χ4v) is 3.90. The van der Waals surface area contributed by atoms with Gasteiger partial charge < -0.3 is 9.14 Å². The van der Waals surface area contributed by atoms with Gasteiger partial charge in [-0.15, -0.1) is 0 Å². The zero-order valence-electron chi connectivity index (χ0n) is 18.0. The van der Waals surface area contributed by atoms with Gasteiger partial charge in [0.1, 0.15) is 17.3 Å². The Morgan fingerprint density at radius 3 is 2.68 bits per heavy atom. The van der Waals surface area contributed by atoms with Crippen LogP contribution in [0.1, 0.15) is 37.9 Å². The molecule has 4 rings (SSSR count). The van der Waals surface area contributed by atoms with Gasteiger partial charge in [-0.1, -0.05) is 13.8 Å². The predicted octanol–water partition coefficient (Wildman–Crippen LogP) is 5.73. The normalized spacial score (nSPS) is 12.5. The Kier molecular flexibility index (Phi) is 6.13. The third kappa shape index (κ3) is 4.23. The lowest BCUT2D eigenvalue weighted by atomic mass is 9.97. The molecule has 0 aliphatic heterocycles. The molecule has 0 saturated carbocycles. The van der Waals surface area contributed by atoms with Gasteiger partial charge in [-0.05, 0) is 49.6 Å². The molecule has 0 aliphatic rings. The van der Waals surface area contributed by atoms with E-state index in [1.54, 1.807) is 18.5 Å². The summed E-state index contributed by atoms with van der Waals surface area (Å²) in [6, 6.07) is 7.92. The minimum absolute atomic E-state index is 0.0321. The lowest BCUT2D eigenvalue weighted by Crippen LogP contribution is -2.17. The van der Waals surface area contributed by atoms with Crippen molar-refractivity contribution in [1.82, 2.24) is 19.6 Å². The topological polar surface area (TPSA) is 55.2 Å². The molecule has 5 nitrogen and oxygen atoms in total. The maximum absolute atomic E-state index is 15.4. The average molecular weight is 424 g/mol. The number of rotatable bonds is 8. The van der Waals surface area contributed by atoms with Gasteiger partial charge in [0, 0.05) is 42.6 Å². The second kappa shape index (κ2) is 8.98. The summed E-state index contributed by atoms with van der Waals surface area (Å²) in [6.07, 6.45) is 5.60. The molecule has 1 aromatic carbocycles. The average Bonchev–Trinajstić information content (AvgIpc) is 3.39. The van der Waals surface area contributed by atoms with Crippen molar-refractivity contribution in [2.75, 3.05) is 6.61 Å². The van der Waals surface area contributed by atoms with Crippen LogP contribution >= 0.6 is 0 Å². The summed E-state index contributed by atoms with van der Waals surface area (Å²) in [6.45, 7) is 6.64. The highest BCUT2D eigenvalue weighted by atomic mass is 19.1. The summed E-state index contributed by atoms with van der Waals surface area (Å²) in [5.74, 6) is -0.762. The van der Waals surface area contributed by atoms with Crippen LogP contribution in [0.4, 0.5) is 8.78 Å². The molecule has 1 atom stereocenters. The molecule has 0 bridgehead atoms. The van der Waals surface area contributed by atoms with E-state index in [4.69, 9.17) is 4.74 Å². The van der Waals surface area contributed by atoms with Crippen LogP contribution in [-0.2, 0) is 11.2 Å². The number of ether oxygens (including phenoxy) is 1. The molecule has 0 saturated heterocycles. The van der Waals surface area contributed by atoms with Crippen LogP contribution in [-0.4, -0.2) is 32.3 Å². The highest BCUT2D eigenvalue weighted by Gasteiger charge is 2.23. The van der Waals surface area contributed by atoms with Crippen LogP contribution in [0.3, 0.4) is 0 Å². The molecule has 3 aromatic heterocycles. The van der Waals surface area contributed by atoms with Crippen LogP contribution in [0.5, 0.6) is 0 Å². The van der Waals surface area contributed by atoms with E-state index in [1.165, 1.54) is 18.2 Å². The van der Waals surface area contributed by atoms with Crippen molar-refractivity contribution in [3.05, 3.63) is 65.6 Å². The molecule has 0 spiro atoms. The number of benzene rings is 1. The zero-order chi connectivity index (χ0) is 22.0. The number of imidazole rings is 1. The van der Waals surface area contributed by atoms with E-state index >= 15 is 4.39 Å². The van der Waals surface area contributed by atoms with Crippen molar-refractivity contribution < 1.29 is 13.5 Å². The van der Waals surface area contributed by atoms with E-state index in [-0.39, 0.29) is 17.7 Å². The highest BCUT2D eigenvalue weighted by molar-refractivity contribution is 5.74. The van der Waals surface area contributed by atoms with Crippen molar-refractivity contribution >= 4 is 5.65 Å². The van der Waals surface area contributed by atoms with E-state index in [9.17, 15) is 4.39 Å². The number of aryl methyl sites for hydroxylation is 1. The number of nitrogens with one attached hydrogen (secondary N) is 1. The van der Waals surface area contributed by atoms with Gasteiger partial charge in [0.25, 0.3) is 0 Å². The van der Waals surface area contributed by atoms with Gasteiger partial charge in [-0.3, -0.25) is 5.10 Å². The molecule has 7 heteroatoms. The van der Waals surface area contributed by atoms with Gasteiger partial charge in [-0.25, -0.2) is 13.8 Å². The van der Waals surface area contributed by atoms with Crippen molar-refractivity contribution in [2.24, 2.45) is 0 Å². The van der Waals surface area contributed by atoms with E-state index in [0.717, 1.165) is 24.1 Å². The van der Waals surface area contributed by atoms with E-state index in [0.29, 0.717) is 41.2 Å². The third-order valence-electron chi connectivity index (χ3n) is 5.44. The number of fused-ring (bicyclic) bond motifs is 1. The Morgan fingerprint density at radius 1 is 1.16 bits per heavy atom. The summed E-state index contributed by atoms with van der Waals surface area (Å²) in [5.41, 5.74) is 4.30. The summed E-state index contributed by atoms with van der Waals surface area (Å²) in [4.78, 5) is 4.63. The molecule has 0 aliphatic carbocycles. The Morgan fingerprint density at radius 2 is 2.00 bits per heavy atom. The first kappa shape index (κ1) is 21.2. The lowest BCUT2D eigenvalue weighted by Gasteiger charge is -2.17. The summed E-state index contributed by atoms with van der Waals surface area (Å²) in [7, 11) is 0. The van der Waals surface area contributed by atoms with Crippen LogP contribution in [0.15, 0.2) is 42.7 Å². The first-order chi connectivity index (χ1) is 15.0. The minimum Gasteiger partial charge on any atom is -0.378 e. The SMILES string of the molecule is CCCOC(CC)Cc1c(-c2c(C)cc(-c3cc[nH]n3)cc2F)nc2cc(F)ccn12. The number of aromatic nitrogens is 4. The Balaban J connectivity index is 1.85. The molecular formula is C24H26F2N4O. The molecule has 3 heterocycles.